The maximum atomic E-state index is 12.4. The van der Waals surface area contributed by atoms with Crippen molar-refractivity contribution >= 4 is 11.8 Å². The molecule has 0 radical (unpaired) electrons. The molecule has 0 spiro atoms. The zero-order valence-corrected chi connectivity index (χ0v) is 19.6. The molecule has 0 aliphatic rings. The van der Waals surface area contributed by atoms with Crippen molar-refractivity contribution in [3.05, 3.63) is 120 Å². The molecule has 0 aliphatic carbocycles. The van der Waals surface area contributed by atoms with E-state index in [0.717, 1.165) is 27.8 Å². The van der Waals surface area contributed by atoms with Gasteiger partial charge in [-0.3, -0.25) is 9.59 Å². The van der Waals surface area contributed by atoms with Crippen LogP contribution in [0.5, 0.6) is 0 Å². The quantitative estimate of drug-likeness (QED) is 0.358. The lowest BCUT2D eigenvalue weighted by Crippen LogP contribution is -2.36. The summed E-state index contributed by atoms with van der Waals surface area (Å²) in [6.45, 7) is 4.34. The van der Waals surface area contributed by atoms with Crippen molar-refractivity contribution in [2.45, 2.75) is 20.4 Å². The minimum Gasteiger partial charge on any atom is -0.350 e. The molecule has 0 heterocycles. The molecule has 0 bridgehead atoms. The number of carbonyl (C=O) groups excluding carboxylic acids is 2. The fourth-order valence-electron chi connectivity index (χ4n) is 3.42. The lowest BCUT2D eigenvalue weighted by Gasteiger charge is -2.09. The Morgan fingerprint density at radius 2 is 1.00 bits per heavy atom. The Balaban J connectivity index is 0.00000158. The zero-order chi connectivity index (χ0) is 24.2. The zero-order valence-electron chi connectivity index (χ0n) is 19.6. The van der Waals surface area contributed by atoms with Crippen LogP contribution in [0.25, 0.3) is 22.3 Å². The van der Waals surface area contributed by atoms with Crippen LogP contribution in [0.1, 0.15) is 29.8 Å². The number of carbonyl (C=O) groups is 2. The van der Waals surface area contributed by atoms with E-state index in [1.165, 1.54) is 0 Å². The van der Waals surface area contributed by atoms with E-state index in [4.69, 9.17) is 0 Å². The number of hydrogen-bond acceptors (Lipinski definition) is 2. The first-order valence-electron chi connectivity index (χ1n) is 11.5. The Morgan fingerprint density at radius 3 is 1.50 bits per heavy atom. The van der Waals surface area contributed by atoms with Gasteiger partial charge in [0.2, 0.25) is 5.91 Å². The number of nitrogens with one attached hydrogen (secondary N) is 2. The van der Waals surface area contributed by atoms with Crippen molar-refractivity contribution in [2.24, 2.45) is 0 Å². The monoisotopic (exact) mass is 450 g/mol. The van der Waals surface area contributed by atoms with Crippen molar-refractivity contribution in [1.82, 2.24) is 10.6 Å². The fraction of sp³-hybridized carbons (Fsp3) is 0.133. The molecule has 4 aromatic carbocycles. The van der Waals surface area contributed by atoms with Gasteiger partial charge < -0.3 is 10.6 Å². The Morgan fingerprint density at radius 1 is 0.559 bits per heavy atom. The molecule has 4 heteroatoms. The summed E-state index contributed by atoms with van der Waals surface area (Å²) >= 11 is 0. The number of hydrogen-bond donors (Lipinski definition) is 2. The van der Waals surface area contributed by atoms with Gasteiger partial charge in [0.25, 0.3) is 5.91 Å². The van der Waals surface area contributed by atoms with Gasteiger partial charge in [0, 0.05) is 12.1 Å². The normalized spacial score (nSPS) is 9.94. The molecule has 0 saturated heterocycles. The van der Waals surface area contributed by atoms with Gasteiger partial charge in [-0.1, -0.05) is 111 Å². The molecular weight excluding hydrogens is 420 g/mol. The minimum absolute atomic E-state index is 0.0681. The SMILES string of the molecule is CC.O=C(CNC(=O)c1ccc(-c2ccccc2)cc1)NCc1ccc(-c2ccccc2)cc1. The fourth-order valence-corrected chi connectivity index (χ4v) is 3.42. The van der Waals surface area contributed by atoms with Crippen molar-refractivity contribution < 1.29 is 9.59 Å². The highest BCUT2D eigenvalue weighted by molar-refractivity contribution is 5.96. The molecule has 0 atom stereocenters. The Labute approximate surface area is 201 Å². The lowest BCUT2D eigenvalue weighted by molar-refractivity contribution is -0.120. The van der Waals surface area contributed by atoms with Crippen molar-refractivity contribution in [3.63, 3.8) is 0 Å². The summed E-state index contributed by atoms with van der Waals surface area (Å²) in [4.78, 5) is 24.5. The third-order valence-corrected chi connectivity index (χ3v) is 5.21. The van der Waals surface area contributed by atoms with E-state index in [-0.39, 0.29) is 18.4 Å². The smallest absolute Gasteiger partial charge is 0.251 e. The molecule has 0 aromatic heterocycles. The van der Waals surface area contributed by atoms with Crippen molar-refractivity contribution in [2.75, 3.05) is 6.54 Å². The summed E-state index contributed by atoms with van der Waals surface area (Å²) < 4.78 is 0. The van der Waals surface area contributed by atoms with Gasteiger partial charge in [0.15, 0.2) is 0 Å². The molecule has 0 saturated carbocycles. The summed E-state index contributed by atoms with van der Waals surface area (Å²) in [5.74, 6) is -0.502. The molecule has 2 amide bonds. The van der Waals surface area contributed by atoms with E-state index in [1.54, 1.807) is 12.1 Å². The predicted octanol–water partition coefficient (Wildman–Crippen LogP) is 6.09. The summed E-state index contributed by atoms with van der Waals surface area (Å²) in [5.41, 5.74) is 5.94. The molecule has 0 unspecified atom stereocenters. The molecular formula is C30H30N2O2. The first-order chi connectivity index (χ1) is 16.7. The van der Waals surface area contributed by atoms with Crippen molar-refractivity contribution in [1.29, 1.82) is 0 Å². The van der Waals surface area contributed by atoms with Crippen LogP contribution in [-0.4, -0.2) is 18.4 Å². The minimum atomic E-state index is -0.271. The Bertz CT molecular complexity index is 1170. The average Bonchev–Trinajstić information content (AvgIpc) is 2.93. The third kappa shape index (κ3) is 6.91. The maximum Gasteiger partial charge on any atom is 0.251 e. The van der Waals surface area contributed by atoms with E-state index in [9.17, 15) is 9.59 Å². The van der Waals surface area contributed by atoms with E-state index in [2.05, 4.69) is 22.8 Å². The molecule has 2 N–H and O–H groups in total. The highest BCUT2D eigenvalue weighted by Crippen LogP contribution is 2.20. The van der Waals surface area contributed by atoms with Crippen LogP contribution in [0.15, 0.2) is 109 Å². The summed E-state index contributed by atoms with van der Waals surface area (Å²) in [7, 11) is 0. The van der Waals surface area contributed by atoms with Crippen LogP contribution in [-0.2, 0) is 11.3 Å². The van der Waals surface area contributed by atoms with E-state index >= 15 is 0 Å². The molecule has 4 aromatic rings. The molecule has 34 heavy (non-hydrogen) atoms. The molecule has 0 fully saturated rings. The second kappa shape index (κ2) is 12.8. The van der Waals surface area contributed by atoms with Crippen LogP contribution in [0.3, 0.4) is 0 Å². The van der Waals surface area contributed by atoms with Crippen molar-refractivity contribution in [3.8, 4) is 22.3 Å². The summed E-state index contributed by atoms with van der Waals surface area (Å²) in [6, 6.07) is 35.5. The van der Waals surface area contributed by atoms with Gasteiger partial charge in [-0.05, 0) is 39.9 Å². The second-order valence-corrected chi connectivity index (χ2v) is 7.47. The topological polar surface area (TPSA) is 58.2 Å². The van der Waals surface area contributed by atoms with E-state index in [0.29, 0.717) is 12.1 Å². The van der Waals surface area contributed by atoms with Crippen LogP contribution < -0.4 is 10.6 Å². The van der Waals surface area contributed by atoms with Crippen LogP contribution in [0, 0.1) is 0 Å². The Hall–Kier alpha value is -4.18. The maximum absolute atomic E-state index is 12.4. The summed E-state index contributed by atoms with van der Waals surface area (Å²) in [5, 5.41) is 5.52. The molecule has 4 rings (SSSR count). The molecule has 172 valence electrons. The molecule has 4 nitrogen and oxygen atoms in total. The standard InChI is InChI=1S/C28H24N2O2.C2H6/c31-27(29-19-21-11-13-24(14-12-21)22-7-3-1-4-8-22)20-30-28(32)26-17-15-25(16-18-26)23-9-5-2-6-10-23;1-2/h1-18H,19-20H2,(H,29,31)(H,30,32);1-2H3. The third-order valence-electron chi connectivity index (χ3n) is 5.21. The van der Waals surface area contributed by atoms with Crippen LogP contribution in [0.2, 0.25) is 0 Å². The Kier molecular flexibility index (Phi) is 9.18. The summed E-state index contributed by atoms with van der Waals surface area (Å²) in [6.07, 6.45) is 0. The molecule has 0 aliphatic heterocycles. The first-order valence-corrected chi connectivity index (χ1v) is 11.5. The lowest BCUT2D eigenvalue weighted by atomic mass is 10.0. The van der Waals surface area contributed by atoms with E-state index < -0.39 is 0 Å². The van der Waals surface area contributed by atoms with Gasteiger partial charge in [0.1, 0.15) is 0 Å². The van der Waals surface area contributed by atoms with Crippen LogP contribution >= 0.6 is 0 Å². The number of benzene rings is 4. The van der Waals surface area contributed by atoms with Crippen LogP contribution in [0.4, 0.5) is 0 Å². The average molecular weight is 451 g/mol. The highest BCUT2D eigenvalue weighted by atomic mass is 16.2. The predicted molar refractivity (Wildman–Crippen MR) is 139 cm³/mol. The second-order valence-electron chi connectivity index (χ2n) is 7.47. The first kappa shape index (κ1) is 24.5. The van der Waals surface area contributed by atoms with Gasteiger partial charge in [0.05, 0.1) is 6.54 Å². The van der Waals surface area contributed by atoms with E-state index in [1.807, 2.05) is 98.8 Å². The largest absolute Gasteiger partial charge is 0.350 e. The number of amides is 2. The van der Waals surface area contributed by atoms with Gasteiger partial charge in [-0.2, -0.15) is 0 Å². The highest BCUT2D eigenvalue weighted by Gasteiger charge is 2.08. The number of rotatable bonds is 7. The van der Waals surface area contributed by atoms with Gasteiger partial charge in [-0.25, -0.2) is 0 Å². The van der Waals surface area contributed by atoms with Gasteiger partial charge >= 0.3 is 0 Å². The van der Waals surface area contributed by atoms with Gasteiger partial charge in [-0.15, -0.1) is 0 Å².